The molecule has 3 amide bonds. The fourth-order valence-corrected chi connectivity index (χ4v) is 2.59. The van der Waals surface area contributed by atoms with Gasteiger partial charge in [0.05, 0.1) is 12.3 Å². The van der Waals surface area contributed by atoms with Crippen LogP contribution in [0, 0.1) is 0 Å². The maximum atomic E-state index is 12.1. The summed E-state index contributed by atoms with van der Waals surface area (Å²) < 4.78 is 5.39. The maximum absolute atomic E-state index is 12.1. The minimum atomic E-state index is -0.639. The molecule has 0 aliphatic heterocycles. The number of hydrogen-bond acceptors (Lipinski definition) is 4. The second-order valence-electron chi connectivity index (χ2n) is 5.11. The number of furan rings is 1. The van der Waals surface area contributed by atoms with Crippen LogP contribution in [0.2, 0.25) is 0 Å². The van der Waals surface area contributed by atoms with Crippen molar-refractivity contribution >= 4 is 17.8 Å². The van der Waals surface area contributed by atoms with Crippen LogP contribution in [0.15, 0.2) is 34.9 Å². The van der Waals surface area contributed by atoms with Crippen LogP contribution in [-0.4, -0.2) is 16.9 Å². The van der Waals surface area contributed by atoms with Crippen molar-refractivity contribution < 1.29 is 14.0 Å². The van der Waals surface area contributed by atoms with Gasteiger partial charge < -0.3 is 15.5 Å². The summed E-state index contributed by atoms with van der Waals surface area (Å²) in [5.74, 6) is 0.557. The maximum Gasteiger partial charge on any atom is 0.320 e. The Balaban J connectivity index is 1.67. The van der Waals surface area contributed by atoms with E-state index in [9.17, 15) is 9.59 Å². The van der Waals surface area contributed by atoms with E-state index < -0.39 is 5.91 Å². The Morgan fingerprint density at radius 3 is 3.00 bits per heavy atom. The van der Waals surface area contributed by atoms with E-state index in [1.54, 1.807) is 18.4 Å². The number of hydrogen-bond donors (Lipinski definition) is 3. The summed E-state index contributed by atoms with van der Waals surface area (Å²) in [5, 5.41) is 5.50. The summed E-state index contributed by atoms with van der Waals surface area (Å²) >= 11 is 0. The highest BCUT2D eigenvalue weighted by atomic mass is 16.3. The van der Waals surface area contributed by atoms with Crippen molar-refractivity contribution in [3.8, 4) is 0 Å². The number of fused-ring (bicyclic) bond motifs is 1. The minimum absolute atomic E-state index is 0.0816. The first-order valence-corrected chi connectivity index (χ1v) is 7.04. The Labute approximate surface area is 126 Å². The number of pyridine rings is 1. The number of carbonyl (C=O) groups is 2. The molecule has 0 bridgehead atoms. The van der Waals surface area contributed by atoms with E-state index in [1.165, 1.54) is 6.07 Å². The average Bonchev–Trinajstić information content (AvgIpc) is 2.97. The standard InChI is InChI=1S/C15H16N4O3/c16-14(20)11-4-2-6-13(17-11)19-15(21)18-10-3-1-5-12-9(10)7-8-22-12/h2,4,6-8,10H,1,3,5H2,(H2,16,20)(H2,17,18,19,21). The highest BCUT2D eigenvalue weighted by Crippen LogP contribution is 2.30. The summed E-state index contributed by atoms with van der Waals surface area (Å²) in [5.41, 5.74) is 6.28. The number of anilines is 1. The van der Waals surface area contributed by atoms with E-state index in [0.717, 1.165) is 30.6 Å². The summed E-state index contributed by atoms with van der Waals surface area (Å²) in [6, 6.07) is 6.11. The van der Waals surface area contributed by atoms with Crippen LogP contribution >= 0.6 is 0 Å². The molecule has 1 unspecified atom stereocenters. The molecular formula is C15H16N4O3. The third kappa shape index (κ3) is 2.93. The zero-order valence-corrected chi connectivity index (χ0v) is 11.8. The molecule has 7 nitrogen and oxygen atoms in total. The predicted octanol–water partition coefficient (Wildman–Crippen LogP) is 1.97. The second kappa shape index (κ2) is 5.88. The molecule has 0 saturated carbocycles. The number of primary amides is 1. The van der Waals surface area contributed by atoms with Gasteiger partial charge in [-0.15, -0.1) is 0 Å². The van der Waals surface area contributed by atoms with E-state index in [1.807, 2.05) is 6.07 Å². The molecule has 0 saturated heterocycles. The number of nitrogens with two attached hydrogens (primary N) is 1. The first kappa shape index (κ1) is 14.1. The van der Waals surface area contributed by atoms with Crippen LogP contribution in [-0.2, 0) is 6.42 Å². The van der Waals surface area contributed by atoms with Gasteiger partial charge in [-0.3, -0.25) is 10.1 Å². The Kier molecular flexibility index (Phi) is 3.78. The smallest absolute Gasteiger partial charge is 0.320 e. The van der Waals surface area contributed by atoms with Gasteiger partial charge in [0.25, 0.3) is 5.91 Å². The van der Waals surface area contributed by atoms with Crippen molar-refractivity contribution in [3.05, 3.63) is 47.5 Å². The molecule has 0 radical (unpaired) electrons. The number of aryl methyl sites for hydroxylation is 1. The van der Waals surface area contributed by atoms with Crippen LogP contribution in [0.25, 0.3) is 0 Å². The van der Waals surface area contributed by atoms with E-state index >= 15 is 0 Å². The molecule has 1 atom stereocenters. The molecular weight excluding hydrogens is 284 g/mol. The Morgan fingerprint density at radius 2 is 2.18 bits per heavy atom. The second-order valence-corrected chi connectivity index (χ2v) is 5.11. The lowest BCUT2D eigenvalue weighted by molar-refractivity contribution is 0.0995. The van der Waals surface area contributed by atoms with Gasteiger partial charge in [0.2, 0.25) is 0 Å². The zero-order valence-electron chi connectivity index (χ0n) is 11.8. The third-order valence-electron chi connectivity index (χ3n) is 3.60. The quantitative estimate of drug-likeness (QED) is 0.804. The van der Waals surface area contributed by atoms with Gasteiger partial charge in [0.15, 0.2) is 0 Å². The van der Waals surface area contributed by atoms with E-state index in [4.69, 9.17) is 10.2 Å². The lowest BCUT2D eigenvalue weighted by atomic mass is 9.93. The van der Waals surface area contributed by atoms with Crippen molar-refractivity contribution in [1.82, 2.24) is 10.3 Å². The molecule has 114 valence electrons. The van der Waals surface area contributed by atoms with Crippen LogP contribution in [0.5, 0.6) is 0 Å². The number of nitrogens with zero attached hydrogens (tertiary/aromatic N) is 1. The Hall–Kier alpha value is -2.83. The van der Waals surface area contributed by atoms with Crippen molar-refractivity contribution in [2.75, 3.05) is 5.32 Å². The molecule has 1 aliphatic carbocycles. The molecule has 2 heterocycles. The highest BCUT2D eigenvalue weighted by Gasteiger charge is 2.24. The van der Waals surface area contributed by atoms with Gasteiger partial charge in [0.1, 0.15) is 17.3 Å². The highest BCUT2D eigenvalue weighted by molar-refractivity contribution is 5.92. The summed E-state index contributed by atoms with van der Waals surface area (Å²) in [7, 11) is 0. The van der Waals surface area contributed by atoms with Crippen molar-refractivity contribution in [1.29, 1.82) is 0 Å². The first-order valence-electron chi connectivity index (χ1n) is 7.04. The van der Waals surface area contributed by atoms with Crippen molar-refractivity contribution in [3.63, 3.8) is 0 Å². The Morgan fingerprint density at radius 1 is 1.32 bits per heavy atom. The fraction of sp³-hybridized carbons (Fsp3) is 0.267. The molecule has 2 aromatic rings. The minimum Gasteiger partial charge on any atom is -0.469 e. The third-order valence-corrected chi connectivity index (χ3v) is 3.60. The average molecular weight is 300 g/mol. The molecule has 4 N–H and O–H groups in total. The van der Waals surface area contributed by atoms with Gasteiger partial charge in [0, 0.05) is 12.0 Å². The van der Waals surface area contributed by atoms with Crippen LogP contribution in [0.1, 0.15) is 40.7 Å². The van der Waals surface area contributed by atoms with E-state index in [2.05, 4.69) is 15.6 Å². The lowest BCUT2D eigenvalue weighted by Gasteiger charge is -2.22. The SMILES string of the molecule is NC(=O)c1cccc(NC(=O)NC2CCCc3occc32)n1. The van der Waals surface area contributed by atoms with Crippen molar-refractivity contribution in [2.24, 2.45) is 5.73 Å². The molecule has 0 fully saturated rings. The normalized spacial score (nSPS) is 16.6. The topological polar surface area (TPSA) is 110 Å². The summed E-state index contributed by atoms with van der Waals surface area (Å²) in [6.07, 6.45) is 4.35. The first-order chi connectivity index (χ1) is 10.6. The molecule has 0 aromatic carbocycles. The zero-order chi connectivity index (χ0) is 15.5. The fourth-order valence-electron chi connectivity index (χ4n) is 2.59. The van der Waals surface area contributed by atoms with E-state index in [0.29, 0.717) is 0 Å². The van der Waals surface area contributed by atoms with Crippen LogP contribution < -0.4 is 16.4 Å². The van der Waals surface area contributed by atoms with Gasteiger partial charge in [-0.2, -0.15) is 0 Å². The van der Waals surface area contributed by atoms with Gasteiger partial charge in [-0.1, -0.05) is 6.07 Å². The number of nitrogens with one attached hydrogen (secondary N) is 2. The van der Waals surface area contributed by atoms with Crippen LogP contribution in [0.4, 0.5) is 10.6 Å². The molecule has 7 heteroatoms. The largest absolute Gasteiger partial charge is 0.469 e. The van der Waals surface area contributed by atoms with Crippen molar-refractivity contribution in [2.45, 2.75) is 25.3 Å². The van der Waals surface area contributed by atoms with Gasteiger partial charge in [-0.05, 0) is 31.0 Å². The number of urea groups is 1. The van der Waals surface area contributed by atoms with Gasteiger partial charge >= 0.3 is 6.03 Å². The molecule has 2 aromatic heterocycles. The molecule has 22 heavy (non-hydrogen) atoms. The molecule has 3 rings (SSSR count). The monoisotopic (exact) mass is 300 g/mol. The summed E-state index contributed by atoms with van der Waals surface area (Å²) in [4.78, 5) is 27.1. The number of carbonyl (C=O) groups excluding carboxylic acids is 2. The van der Waals surface area contributed by atoms with E-state index in [-0.39, 0.29) is 23.6 Å². The lowest BCUT2D eigenvalue weighted by Crippen LogP contribution is -2.34. The number of aromatic nitrogens is 1. The molecule has 0 spiro atoms. The summed E-state index contributed by atoms with van der Waals surface area (Å²) in [6.45, 7) is 0. The van der Waals surface area contributed by atoms with Crippen LogP contribution in [0.3, 0.4) is 0 Å². The molecule has 1 aliphatic rings. The Bertz CT molecular complexity index is 710. The predicted molar refractivity (Wildman–Crippen MR) is 79.3 cm³/mol. The number of rotatable bonds is 3. The van der Waals surface area contributed by atoms with Gasteiger partial charge in [-0.25, -0.2) is 9.78 Å². The number of amides is 3.